The molecule has 0 spiro atoms. The van der Waals surface area contributed by atoms with E-state index in [9.17, 15) is 14.0 Å². The van der Waals surface area contributed by atoms with Gasteiger partial charge in [-0.15, -0.1) is 0 Å². The molecule has 150 valence electrons. The number of ether oxygens (including phenoxy) is 2. The summed E-state index contributed by atoms with van der Waals surface area (Å²) in [4.78, 5) is 23.7. The smallest absolute Gasteiger partial charge is 0.337 e. The third kappa shape index (κ3) is 5.94. The first-order valence-corrected chi connectivity index (χ1v) is 9.02. The molecular weight excluding hydrogens is 385 g/mol. The summed E-state index contributed by atoms with van der Waals surface area (Å²) < 4.78 is 22.9. The lowest BCUT2D eigenvalue weighted by Gasteiger charge is -2.07. The SMILES string of the molecule is COC(=O)c1cccc(C#Cc2cccc(NC(=O)COc3ccc(F)cc3)c2)c1. The fourth-order valence-corrected chi connectivity index (χ4v) is 2.54. The normalized spacial score (nSPS) is 9.80. The molecule has 1 amide bonds. The standard InChI is InChI=1S/C24H18FNO4/c1-29-24(28)19-6-2-4-17(14-19)8-9-18-5-3-7-21(15-18)26-23(27)16-30-22-12-10-20(25)11-13-22/h2-7,10-15H,16H2,1H3,(H,26,27). The van der Waals surface area contributed by atoms with Crippen LogP contribution in [0.1, 0.15) is 21.5 Å². The number of esters is 1. The van der Waals surface area contributed by atoms with Gasteiger partial charge < -0.3 is 14.8 Å². The first kappa shape index (κ1) is 20.6. The topological polar surface area (TPSA) is 64.6 Å². The van der Waals surface area contributed by atoms with Crippen molar-refractivity contribution >= 4 is 17.6 Å². The van der Waals surface area contributed by atoms with Gasteiger partial charge in [-0.3, -0.25) is 4.79 Å². The van der Waals surface area contributed by atoms with E-state index < -0.39 is 5.97 Å². The van der Waals surface area contributed by atoms with Crippen molar-refractivity contribution in [2.45, 2.75) is 0 Å². The minimum absolute atomic E-state index is 0.206. The number of benzene rings is 3. The maximum atomic E-state index is 12.9. The van der Waals surface area contributed by atoms with Gasteiger partial charge in [0.15, 0.2) is 6.61 Å². The van der Waals surface area contributed by atoms with Crippen LogP contribution >= 0.6 is 0 Å². The number of nitrogens with one attached hydrogen (secondary N) is 1. The van der Waals surface area contributed by atoms with E-state index >= 15 is 0 Å². The number of rotatable bonds is 5. The van der Waals surface area contributed by atoms with Gasteiger partial charge in [0.1, 0.15) is 11.6 Å². The van der Waals surface area contributed by atoms with E-state index in [1.807, 2.05) is 6.07 Å². The van der Waals surface area contributed by atoms with Gasteiger partial charge in [-0.25, -0.2) is 9.18 Å². The van der Waals surface area contributed by atoms with Crippen LogP contribution in [0.25, 0.3) is 0 Å². The van der Waals surface area contributed by atoms with Crippen LogP contribution in [0.15, 0.2) is 72.8 Å². The van der Waals surface area contributed by atoms with Crippen LogP contribution in [0, 0.1) is 17.7 Å². The molecule has 3 aromatic carbocycles. The van der Waals surface area contributed by atoms with Crippen molar-refractivity contribution in [2.75, 3.05) is 19.0 Å². The van der Waals surface area contributed by atoms with Gasteiger partial charge in [0, 0.05) is 16.8 Å². The predicted octanol–water partition coefficient (Wildman–Crippen LogP) is 4.03. The minimum Gasteiger partial charge on any atom is -0.484 e. The highest BCUT2D eigenvalue weighted by atomic mass is 19.1. The molecule has 3 aromatic rings. The molecular formula is C24H18FNO4. The van der Waals surface area contributed by atoms with Crippen LogP contribution in [-0.4, -0.2) is 25.6 Å². The van der Waals surface area contributed by atoms with Crippen molar-refractivity contribution in [1.82, 2.24) is 0 Å². The fourth-order valence-electron chi connectivity index (χ4n) is 2.54. The third-order valence-corrected chi connectivity index (χ3v) is 3.96. The van der Waals surface area contributed by atoms with Crippen LogP contribution < -0.4 is 10.1 Å². The monoisotopic (exact) mass is 403 g/mol. The Labute approximate surface area is 173 Å². The maximum Gasteiger partial charge on any atom is 0.337 e. The first-order chi connectivity index (χ1) is 14.5. The van der Waals surface area contributed by atoms with Gasteiger partial charge in [0.05, 0.1) is 12.7 Å². The van der Waals surface area contributed by atoms with Gasteiger partial charge in [-0.05, 0) is 60.7 Å². The lowest BCUT2D eigenvalue weighted by molar-refractivity contribution is -0.118. The highest BCUT2D eigenvalue weighted by molar-refractivity contribution is 5.92. The minimum atomic E-state index is -0.425. The average Bonchev–Trinajstić information content (AvgIpc) is 2.77. The Hall–Kier alpha value is -4.11. The van der Waals surface area contributed by atoms with Gasteiger partial charge >= 0.3 is 5.97 Å². The van der Waals surface area contributed by atoms with Gasteiger partial charge in [0.2, 0.25) is 0 Å². The molecule has 0 fully saturated rings. The van der Waals surface area contributed by atoms with Gasteiger partial charge in [-0.2, -0.15) is 0 Å². The molecule has 0 heterocycles. The largest absolute Gasteiger partial charge is 0.484 e. The molecule has 0 saturated heterocycles. The average molecular weight is 403 g/mol. The molecule has 0 bridgehead atoms. The molecule has 0 aliphatic rings. The maximum absolute atomic E-state index is 12.9. The van der Waals surface area contributed by atoms with Crippen molar-refractivity contribution in [3.05, 3.63) is 95.3 Å². The molecule has 6 heteroatoms. The van der Waals surface area contributed by atoms with E-state index in [1.54, 1.807) is 42.5 Å². The number of hydrogen-bond acceptors (Lipinski definition) is 4. The summed E-state index contributed by atoms with van der Waals surface area (Å²) in [6, 6.07) is 19.3. The summed E-state index contributed by atoms with van der Waals surface area (Å²) in [7, 11) is 1.32. The summed E-state index contributed by atoms with van der Waals surface area (Å²) in [6.45, 7) is -0.206. The van der Waals surface area contributed by atoms with Crippen LogP contribution in [0.4, 0.5) is 10.1 Å². The molecule has 0 radical (unpaired) electrons. The van der Waals surface area contributed by atoms with E-state index in [0.717, 1.165) is 0 Å². The van der Waals surface area contributed by atoms with Crippen LogP contribution in [0.5, 0.6) is 5.75 Å². The number of carbonyl (C=O) groups is 2. The molecule has 30 heavy (non-hydrogen) atoms. The highest BCUT2D eigenvalue weighted by Crippen LogP contribution is 2.13. The van der Waals surface area contributed by atoms with E-state index in [4.69, 9.17) is 9.47 Å². The predicted molar refractivity (Wildman–Crippen MR) is 111 cm³/mol. The molecule has 5 nitrogen and oxygen atoms in total. The van der Waals surface area contributed by atoms with Crippen molar-refractivity contribution in [3.63, 3.8) is 0 Å². The van der Waals surface area contributed by atoms with E-state index in [-0.39, 0.29) is 18.3 Å². The second-order valence-corrected chi connectivity index (χ2v) is 6.19. The number of amides is 1. The second-order valence-electron chi connectivity index (χ2n) is 6.19. The Morgan fingerprint density at radius 2 is 1.60 bits per heavy atom. The number of hydrogen-bond donors (Lipinski definition) is 1. The summed E-state index contributed by atoms with van der Waals surface area (Å²) in [5.41, 5.74) is 2.35. The number of halogens is 1. The molecule has 0 atom stereocenters. The van der Waals surface area contributed by atoms with Crippen LogP contribution in [-0.2, 0) is 9.53 Å². The Kier molecular flexibility index (Phi) is 6.80. The first-order valence-electron chi connectivity index (χ1n) is 9.02. The molecule has 0 aromatic heterocycles. The van der Waals surface area contributed by atoms with Crippen molar-refractivity contribution in [1.29, 1.82) is 0 Å². The zero-order chi connectivity index (χ0) is 21.3. The molecule has 0 saturated carbocycles. The van der Waals surface area contributed by atoms with Crippen molar-refractivity contribution in [2.24, 2.45) is 0 Å². The molecule has 1 N–H and O–H groups in total. The second kappa shape index (κ2) is 9.89. The van der Waals surface area contributed by atoms with Gasteiger partial charge in [-0.1, -0.05) is 24.0 Å². The van der Waals surface area contributed by atoms with Gasteiger partial charge in [0.25, 0.3) is 5.91 Å². The Balaban J connectivity index is 1.62. The Morgan fingerprint density at radius 1 is 0.933 bits per heavy atom. The lowest BCUT2D eigenvalue weighted by atomic mass is 10.1. The van der Waals surface area contributed by atoms with Crippen LogP contribution in [0.3, 0.4) is 0 Å². The third-order valence-electron chi connectivity index (χ3n) is 3.96. The summed E-state index contributed by atoms with van der Waals surface area (Å²) in [5.74, 6) is 5.24. The van der Waals surface area contributed by atoms with Crippen molar-refractivity contribution < 1.29 is 23.5 Å². The van der Waals surface area contributed by atoms with E-state index in [1.165, 1.54) is 31.4 Å². The molecule has 3 rings (SSSR count). The summed E-state index contributed by atoms with van der Waals surface area (Å²) in [5, 5.41) is 2.73. The number of carbonyl (C=O) groups excluding carboxylic acids is 2. The highest BCUT2D eigenvalue weighted by Gasteiger charge is 2.05. The quantitative estimate of drug-likeness (QED) is 0.516. The number of methoxy groups -OCH3 is 1. The Bertz CT molecular complexity index is 1110. The zero-order valence-corrected chi connectivity index (χ0v) is 16.1. The van der Waals surface area contributed by atoms with Crippen LogP contribution in [0.2, 0.25) is 0 Å². The zero-order valence-electron chi connectivity index (χ0n) is 16.1. The molecule has 0 unspecified atom stereocenters. The molecule has 0 aliphatic carbocycles. The summed E-state index contributed by atoms with van der Waals surface area (Å²) in [6.07, 6.45) is 0. The summed E-state index contributed by atoms with van der Waals surface area (Å²) >= 11 is 0. The van der Waals surface area contributed by atoms with E-state index in [0.29, 0.717) is 28.1 Å². The number of anilines is 1. The van der Waals surface area contributed by atoms with E-state index in [2.05, 4.69) is 17.2 Å². The molecule has 0 aliphatic heterocycles. The van der Waals surface area contributed by atoms with Crippen molar-refractivity contribution in [3.8, 4) is 17.6 Å². The fraction of sp³-hybridized carbons (Fsp3) is 0.0833. The Morgan fingerprint density at radius 3 is 2.30 bits per heavy atom. The lowest BCUT2D eigenvalue weighted by Crippen LogP contribution is -2.20.